The lowest BCUT2D eigenvalue weighted by atomic mass is 10.1. The molecule has 0 radical (unpaired) electrons. The van der Waals surface area contributed by atoms with E-state index in [0.29, 0.717) is 0 Å². The zero-order valence-electron chi connectivity index (χ0n) is 12.5. The minimum Gasteiger partial charge on any atom is -0.388 e. The van der Waals surface area contributed by atoms with E-state index in [0.717, 1.165) is 0 Å². The van der Waals surface area contributed by atoms with Crippen LogP contribution in [0.15, 0.2) is 11.1 Å². The average molecular weight is 377 g/mol. The Balaban J connectivity index is 1.90. The Kier molecular flexibility index (Phi) is 4.50. The summed E-state index contributed by atoms with van der Waals surface area (Å²) in [6, 6.07) is 0. The van der Waals surface area contributed by atoms with Crippen molar-refractivity contribution in [1.29, 1.82) is 0 Å². The molecule has 13 heteroatoms. The average Bonchev–Trinajstić information content (AvgIpc) is 3.00. The van der Waals surface area contributed by atoms with Gasteiger partial charge >= 0.3 is 0 Å². The fourth-order valence-corrected chi connectivity index (χ4v) is 4.93. The van der Waals surface area contributed by atoms with Gasteiger partial charge in [-0.2, -0.15) is 4.98 Å². The van der Waals surface area contributed by atoms with Gasteiger partial charge in [0.1, 0.15) is 12.2 Å². The number of H-pyrrole nitrogens is 1. The number of anilines is 1. The summed E-state index contributed by atoms with van der Waals surface area (Å²) in [5.74, 6) is -0.118. The van der Waals surface area contributed by atoms with Gasteiger partial charge in [0.2, 0.25) is 13.0 Å². The predicted molar refractivity (Wildman–Crippen MR) is 87.4 cm³/mol. The van der Waals surface area contributed by atoms with Crippen LogP contribution in [-0.2, 0) is 9.30 Å². The van der Waals surface area contributed by atoms with Crippen LogP contribution in [0.2, 0.25) is 0 Å². The molecule has 6 atom stereocenters. The molecule has 3 rings (SSSR count). The van der Waals surface area contributed by atoms with Gasteiger partial charge in [0.05, 0.1) is 12.4 Å². The van der Waals surface area contributed by atoms with E-state index in [1.807, 2.05) is 0 Å². The first kappa shape index (κ1) is 17.5. The van der Waals surface area contributed by atoms with Crippen molar-refractivity contribution in [2.24, 2.45) is 0 Å². The van der Waals surface area contributed by atoms with E-state index in [9.17, 15) is 24.5 Å². The van der Waals surface area contributed by atoms with E-state index >= 15 is 0 Å². The number of hydrogen-bond acceptors (Lipinski definition) is 8. The molecule has 1 fully saturated rings. The molecule has 2 unspecified atom stereocenters. The second-order valence-electron chi connectivity index (χ2n) is 5.56. The molecule has 0 aliphatic carbocycles. The molecule has 24 heavy (non-hydrogen) atoms. The van der Waals surface area contributed by atoms with Crippen molar-refractivity contribution < 1.29 is 24.4 Å². The number of nitrogens with one attached hydrogen (secondary N) is 1. The number of aliphatic hydroxyl groups excluding tert-OH is 2. The number of rotatable bonds is 4. The lowest BCUT2D eigenvalue weighted by molar-refractivity contribution is -0.0289. The highest BCUT2D eigenvalue weighted by Gasteiger charge is 2.44. The molecule has 11 nitrogen and oxygen atoms in total. The van der Waals surface area contributed by atoms with Crippen LogP contribution in [0.4, 0.5) is 5.95 Å². The first-order valence-corrected chi connectivity index (χ1v) is 11.1. The highest BCUT2D eigenvalue weighted by molar-refractivity contribution is 8.21. The normalized spacial score (nSPS) is 30.3. The minimum absolute atomic E-state index is 0.0215. The van der Waals surface area contributed by atoms with Gasteiger partial charge in [-0.1, -0.05) is 0 Å². The number of imidazole rings is 1. The van der Waals surface area contributed by atoms with Crippen LogP contribution in [0.3, 0.4) is 0 Å². The lowest BCUT2D eigenvalue weighted by Crippen LogP contribution is -2.32. The van der Waals surface area contributed by atoms with Gasteiger partial charge < -0.3 is 25.6 Å². The zero-order valence-corrected chi connectivity index (χ0v) is 14.4. The number of ether oxygens (including phenoxy) is 1. The van der Waals surface area contributed by atoms with E-state index < -0.39 is 37.2 Å². The Morgan fingerprint density at radius 2 is 2.21 bits per heavy atom. The lowest BCUT2D eigenvalue weighted by Gasteiger charge is -2.16. The van der Waals surface area contributed by atoms with E-state index in [1.165, 1.54) is 17.6 Å². The Hall–Kier alpha value is -1.35. The van der Waals surface area contributed by atoms with Crippen molar-refractivity contribution in [3.05, 3.63) is 16.7 Å². The van der Waals surface area contributed by atoms with E-state index in [-0.39, 0.29) is 31.5 Å². The molecule has 0 aromatic carbocycles. The second kappa shape index (κ2) is 6.18. The van der Waals surface area contributed by atoms with E-state index in [1.54, 1.807) is 0 Å². The summed E-state index contributed by atoms with van der Waals surface area (Å²) < 4.78 is 18.3. The Labute approximate surface area is 137 Å². The van der Waals surface area contributed by atoms with Gasteiger partial charge in [0.15, 0.2) is 17.4 Å². The van der Waals surface area contributed by atoms with Crippen LogP contribution in [0.25, 0.3) is 11.2 Å². The third kappa shape index (κ3) is 3.23. The SMILES string of the molecule is CP(=O)(O)PC[C@H]1O[C@@H](n2cnc3c(=O)[nH]c(N)nc32)[C@H](O)[C@@H]1O. The van der Waals surface area contributed by atoms with Crippen molar-refractivity contribution >= 4 is 32.4 Å². The summed E-state index contributed by atoms with van der Waals surface area (Å²) in [5.41, 5.74) is 5.12. The molecule has 0 bridgehead atoms. The standard InChI is InChI=1S/C11H17N5O6P2/c1-24(20,21)23-2-4-6(17)7(18)10(22-4)16-3-13-5-8(16)14-11(12)15-9(5)19/h3-4,6-7,10,17-18,23H,2H2,1H3,(H,20,21)(H3,12,14,15,19)/t4-,6-,7-,10-/m1/s1. The van der Waals surface area contributed by atoms with Gasteiger partial charge in [-0.3, -0.25) is 18.9 Å². The summed E-state index contributed by atoms with van der Waals surface area (Å²) in [4.78, 5) is 31.4. The third-order valence-electron chi connectivity index (χ3n) is 3.65. The van der Waals surface area contributed by atoms with Crippen LogP contribution in [0.5, 0.6) is 0 Å². The van der Waals surface area contributed by atoms with Crippen molar-refractivity contribution in [2.45, 2.75) is 24.5 Å². The smallest absolute Gasteiger partial charge is 0.280 e. The second-order valence-corrected chi connectivity index (χ2v) is 11.5. The number of fused-ring (bicyclic) bond motifs is 1. The molecule has 0 saturated carbocycles. The van der Waals surface area contributed by atoms with Gasteiger partial charge in [0.25, 0.3) is 5.56 Å². The van der Waals surface area contributed by atoms with Crippen LogP contribution in [-0.4, -0.2) is 65.8 Å². The maximum atomic E-state index is 11.8. The topological polar surface area (TPSA) is 177 Å². The highest BCUT2D eigenvalue weighted by atomic mass is 32.1. The van der Waals surface area contributed by atoms with Gasteiger partial charge in [-0.25, -0.2) is 4.98 Å². The maximum Gasteiger partial charge on any atom is 0.280 e. The van der Waals surface area contributed by atoms with Gasteiger partial charge in [0, 0.05) is 12.8 Å². The number of nitrogen functional groups attached to an aromatic ring is 1. The summed E-state index contributed by atoms with van der Waals surface area (Å²) in [7, 11) is -3.55. The van der Waals surface area contributed by atoms with Crippen LogP contribution in [0, 0.1) is 0 Å². The molecule has 6 N–H and O–H groups in total. The number of aliphatic hydroxyl groups is 2. The largest absolute Gasteiger partial charge is 0.388 e. The zero-order chi connectivity index (χ0) is 17.6. The molecular formula is C11H17N5O6P2. The quantitative estimate of drug-likeness (QED) is 0.410. The fourth-order valence-electron chi connectivity index (χ4n) is 2.52. The molecule has 0 amide bonds. The van der Waals surface area contributed by atoms with Crippen molar-refractivity contribution in [1.82, 2.24) is 19.5 Å². The number of aromatic nitrogens is 4. The number of hydrogen-bond donors (Lipinski definition) is 5. The molecule has 0 spiro atoms. The Morgan fingerprint density at radius 3 is 2.88 bits per heavy atom. The molecule has 1 aliphatic heterocycles. The summed E-state index contributed by atoms with van der Waals surface area (Å²) in [6.07, 6.45) is -3.03. The first-order valence-electron chi connectivity index (χ1n) is 6.96. The summed E-state index contributed by atoms with van der Waals surface area (Å²) >= 11 is 0. The molecule has 2 aromatic rings. The van der Waals surface area contributed by atoms with E-state index in [4.69, 9.17) is 10.5 Å². The summed E-state index contributed by atoms with van der Waals surface area (Å²) in [6.45, 7) is 1.23. The monoisotopic (exact) mass is 377 g/mol. The molecule has 3 heterocycles. The Bertz CT molecular complexity index is 862. The van der Waals surface area contributed by atoms with Crippen LogP contribution in [0.1, 0.15) is 6.23 Å². The molecular weight excluding hydrogens is 360 g/mol. The van der Waals surface area contributed by atoms with Crippen LogP contribution >= 0.6 is 15.3 Å². The molecule has 1 saturated heterocycles. The van der Waals surface area contributed by atoms with E-state index in [2.05, 4.69) is 15.0 Å². The van der Waals surface area contributed by atoms with Crippen molar-refractivity contribution in [3.63, 3.8) is 0 Å². The first-order chi connectivity index (χ1) is 11.2. The summed E-state index contributed by atoms with van der Waals surface area (Å²) in [5, 5.41) is 20.3. The molecule has 2 aromatic heterocycles. The number of aromatic amines is 1. The predicted octanol–water partition coefficient (Wildman–Crippen LogP) is -1.19. The third-order valence-corrected chi connectivity index (χ3v) is 7.13. The minimum atomic E-state index is -3.23. The number of nitrogens with zero attached hydrogens (tertiary/aromatic N) is 3. The van der Waals surface area contributed by atoms with Crippen molar-refractivity contribution in [2.75, 3.05) is 18.6 Å². The van der Waals surface area contributed by atoms with Crippen LogP contribution < -0.4 is 11.3 Å². The highest BCUT2D eigenvalue weighted by Crippen LogP contribution is 2.57. The Morgan fingerprint density at radius 1 is 1.50 bits per heavy atom. The molecule has 1 aliphatic rings. The maximum absolute atomic E-state index is 11.8. The molecule has 132 valence electrons. The number of nitrogens with two attached hydrogens (primary N) is 1. The van der Waals surface area contributed by atoms with Gasteiger partial charge in [-0.15, -0.1) is 0 Å². The van der Waals surface area contributed by atoms with Gasteiger partial charge in [-0.05, 0) is 8.27 Å². The fraction of sp³-hybridized carbons (Fsp3) is 0.545. The van der Waals surface area contributed by atoms with Crippen molar-refractivity contribution in [3.8, 4) is 0 Å².